The second-order valence-electron chi connectivity index (χ2n) is 4.56. The number of carbonyl (C=O) groups excluding carboxylic acids is 1. The number of methoxy groups -OCH3 is 1. The molecule has 0 spiro atoms. The van der Waals surface area contributed by atoms with Crippen molar-refractivity contribution < 1.29 is 28.0 Å². The van der Waals surface area contributed by atoms with Gasteiger partial charge in [0.2, 0.25) is 6.20 Å². The summed E-state index contributed by atoms with van der Waals surface area (Å²) in [5.41, 5.74) is 0.145. The van der Waals surface area contributed by atoms with Crippen molar-refractivity contribution in [2.45, 2.75) is 0 Å². The van der Waals surface area contributed by atoms with E-state index in [-0.39, 0.29) is 17.1 Å². The van der Waals surface area contributed by atoms with Crippen LogP contribution in [0.1, 0.15) is 15.9 Å². The number of ether oxygens (including phenoxy) is 2. The van der Waals surface area contributed by atoms with Gasteiger partial charge in [-0.05, 0) is 29.8 Å². The highest BCUT2D eigenvalue weighted by Gasteiger charge is 2.15. The fraction of sp³-hybridized carbons (Fsp3) is 0.0625. The molecule has 0 aromatic heterocycles. The number of nitrogens with zero attached hydrogens (tertiary/aromatic N) is 1. The summed E-state index contributed by atoms with van der Waals surface area (Å²) < 4.78 is 36.4. The Kier molecular flexibility index (Phi) is 5.20. The van der Waals surface area contributed by atoms with Crippen molar-refractivity contribution in [1.29, 1.82) is 0 Å². The number of esters is 1. The first kappa shape index (κ1) is 17.1. The first-order valence-electron chi connectivity index (χ1n) is 6.57. The van der Waals surface area contributed by atoms with Gasteiger partial charge in [-0.1, -0.05) is 6.07 Å². The lowest BCUT2D eigenvalue weighted by Gasteiger charge is -2.10. The van der Waals surface area contributed by atoms with Gasteiger partial charge in [0.1, 0.15) is 11.6 Å². The maximum atomic E-state index is 13.1. The van der Waals surface area contributed by atoms with Gasteiger partial charge in [-0.25, -0.2) is 13.6 Å². The Labute approximate surface area is 135 Å². The highest BCUT2D eigenvalue weighted by Crippen LogP contribution is 2.29. The van der Waals surface area contributed by atoms with Crippen LogP contribution in [0.3, 0.4) is 0 Å². The van der Waals surface area contributed by atoms with Crippen molar-refractivity contribution >= 4 is 12.0 Å². The van der Waals surface area contributed by atoms with Crippen LogP contribution >= 0.6 is 0 Å². The number of carbonyl (C=O) groups is 1. The zero-order chi connectivity index (χ0) is 17.7. The Bertz CT molecular complexity index is 800. The highest BCUT2D eigenvalue weighted by atomic mass is 19.1. The van der Waals surface area contributed by atoms with Crippen LogP contribution in [0.5, 0.6) is 11.5 Å². The summed E-state index contributed by atoms with van der Waals surface area (Å²) >= 11 is 0. The van der Waals surface area contributed by atoms with Gasteiger partial charge in [0.25, 0.3) is 0 Å². The molecule has 0 aliphatic rings. The molecule has 0 radical (unpaired) electrons. The summed E-state index contributed by atoms with van der Waals surface area (Å²) in [6, 6.07) is 6.53. The van der Waals surface area contributed by atoms with E-state index < -0.39 is 22.5 Å². The molecule has 2 rings (SSSR count). The molecule has 0 fully saturated rings. The predicted octanol–water partition coefficient (Wildman–Crippen LogP) is 3.44. The Balaban J connectivity index is 2.25. The van der Waals surface area contributed by atoms with E-state index in [2.05, 4.69) is 0 Å². The Morgan fingerprint density at radius 3 is 2.38 bits per heavy atom. The molecule has 0 saturated carbocycles. The normalized spacial score (nSPS) is 10.6. The van der Waals surface area contributed by atoms with E-state index in [0.717, 1.165) is 18.3 Å². The molecule has 0 aliphatic carbocycles. The van der Waals surface area contributed by atoms with Crippen LogP contribution in [0.2, 0.25) is 0 Å². The van der Waals surface area contributed by atoms with Gasteiger partial charge in [0.15, 0.2) is 11.5 Å². The third-order valence-corrected chi connectivity index (χ3v) is 2.88. The summed E-state index contributed by atoms with van der Waals surface area (Å²) in [4.78, 5) is 21.7. The average molecular weight is 335 g/mol. The zero-order valence-corrected chi connectivity index (χ0v) is 12.4. The minimum Gasteiger partial charge on any atom is -0.493 e. The van der Waals surface area contributed by atoms with E-state index in [1.54, 1.807) is 0 Å². The van der Waals surface area contributed by atoms with Gasteiger partial charge in [-0.2, -0.15) is 0 Å². The fourth-order valence-electron chi connectivity index (χ4n) is 1.85. The summed E-state index contributed by atoms with van der Waals surface area (Å²) in [6.45, 7) is 0. The van der Waals surface area contributed by atoms with Crippen molar-refractivity contribution in [1.82, 2.24) is 0 Å². The maximum absolute atomic E-state index is 13.1. The smallest absolute Gasteiger partial charge is 0.343 e. The molecule has 6 nitrogen and oxygen atoms in total. The number of nitro groups is 1. The van der Waals surface area contributed by atoms with Crippen LogP contribution in [-0.4, -0.2) is 18.0 Å². The van der Waals surface area contributed by atoms with Gasteiger partial charge in [-0.15, -0.1) is 0 Å². The molecule has 0 bridgehead atoms. The van der Waals surface area contributed by atoms with Crippen molar-refractivity contribution in [3.05, 3.63) is 75.5 Å². The van der Waals surface area contributed by atoms with Crippen LogP contribution in [0.25, 0.3) is 6.08 Å². The van der Waals surface area contributed by atoms with E-state index in [1.165, 1.54) is 31.4 Å². The molecule has 0 heterocycles. The lowest BCUT2D eigenvalue weighted by atomic mass is 10.2. The molecule has 24 heavy (non-hydrogen) atoms. The van der Waals surface area contributed by atoms with Crippen molar-refractivity contribution in [3.63, 3.8) is 0 Å². The van der Waals surface area contributed by atoms with Crippen LogP contribution in [0.15, 0.2) is 42.6 Å². The van der Waals surface area contributed by atoms with Crippen LogP contribution in [0.4, 0.5) is 8.78 Å². The van der Waals surface area contributed by atoms with E-state index in [9.17, 15) is 23.7 Å². The molecule has 0 aliphatic heterocycles. The number of hydrogen-bond acceptors (Lipinski definition) is 5. The third-order valence-electron chi connectivity index (χ3n) is 2.88. The largest absolute Gasteiger partial charge is 0.493 e. The molecule has 0 N–H and O–H groups in total. The molecule has 0 unspecified atom stereocenters. The molecule has 8 heteroatoms. The van der Waals surface area contributed by atoms with E-state index >= 15 is 0 Å². The van der Waals surface area contributed by atoms with E-state index in [0.29, 0.717) is 11.6 Å². The van der Waals surface area contributed by atoms with Gasteiger partial charge in [0, 0.05) is 12.1 Å². The van der Waals surface area contributed by atoms with Crippen molar-refractivity contribution in [3.8, 4) is 11.5 Å². The zero-order valence-electron chi connectivity index (χ0n) is 12.4. The summed E-state index contributed by atoms with van der Waals surface area (Å²) in [5.74, 6) is -2.65. The summed E-state index contributed by atoms with van der Waals surface area (Å²) in [7, 11) is 1.31. The van der Waals surface area contributed by atoms with Crippen molar-refractivity contribution in [2.75, 3.05) is 7.11 Å². The number of halogens is 2. The van der Waals surface area contributed by atoms with Crippen LogP contribution in [-0.2, 0) is 0 Å². The standard InChI is InChI=1S/C16H11F2NO5/c1-23-15-6-10(4-5-19(21)22)2-3-14(15)24-16(20)11-7-12(17)9-13(18)8-11/h2-9H,1H3/b5-4+. The maximum Gasteiger partial charge on any atom is 0.343 e. The van der Waals surface area contributed by atoms with Gasteiger partial charge >= 0.3 is 5.97 Å². The first-order chi connectivity index (χ1) is 11.4. The Morgan fingerprint density at radius 1 is 1.12 bits per heavy atom. The van der Waals surface area contributed by atoms with Crippen LogP contribution < -0.4 is 9.47 Å². The topological polar surface area (TPSA) is 78.7 Å². The lowest BCUT2D eigenvalue weighted by Crippen LogP contribution is -2.10. The molecule has 124 valence electrons. The van der Waals surface area contributed by atoms with Gasteiger partial charge in [0.05, 0.1) is 17.6 Å². The summed E-state index contributed by atoms with van der Waals surface area (Å²) in [5, 5.41) is 10.3. The Morgan fingerprint density at radius 2 is 1.79 bits per heavy atom. The molecule has 0 atom stereocenters. The quantitative estimate of drug-likeness (QED) is 0.362. The fourth-order valence-corrected chi connectivity index (χ4v) is 1.85. The number of hydrogen-bond donors (Lipinski definition) is 0. The third kappa shape index (κ3) is 4.35. The highest BCUT2D eigenvalue weighted by molar-refractivity contribution is 5.91. The lowest BCUT2D eigenvalue weighted by molar-refractivity contribution is -0.400. The second-order valence-corrected chi connectivity index (χ2v) is 4.56. The minimum absolute atomic E-state index is 0.00502. The number of rotatable bonds is 5. The minimum atomic E-state index is -0.972. The SMILES string of the molecule is COc1cc(/C=C/[N+](=O)[O-])ccc1OC(=O)c1cc(F)cc(F)c1. The van der Waals surface area contributed by atoms with E-state index in [1.807, 2.05) is 0 Å². The second kappa shape index (κ2) is 7.32. The molecular weight excluding hydrogens is 324 g/mol. The number of benzene rings is 2. The molecule has 2 aromatic carbocycles. The molecule has 0 saturated heterocycles. The average Bonchev–Trinajstić information content (AvgIpc) is 2.52. The predicted molar refractivity (Wildman–Crippen MR) is 80.3 cm³/mol. The van der Waals surface area contributed by atoms with Gasteiger partial charge in [-0.3, -0.25) is 10.1 Å². The molecular formula is C16H11F2NO5. The Hall–Kier alpha value is -3.29. The molecule has 2 aromatic rings. The molecule has 0 amide bonds. The van der Waals surface area contributed by atoms with E-state index in [4.69, 9.17) is 9.47 Å². The monoisotopic (exact) mass is 335 g/mol. The van der Waals surface area contributed by atoms with Gasteiger partial charge < -0.3 is 9.47 Å². The van der Waals surface area contributed by atoms with Crippen LogP contribution in [0, 0.1) is 21.7 Å². The van der Waals surface area contributed by atoms with Crippen molar-refractivity contribution in [2.24, 2.45) is 0 Å². The summed E-state index contributed by atoms with van der Waals surface area (Å²) in [6.07, 6.45) is 1.98. The first-order valence-corrected chi connectivity index (χ1v) is 6.57.